The summed E-state index contributed by atoms with van der Waals surface area (Å²) in [5, 5.41) is 20.2. The highest BCUT2D eigenvalue weighted by atomic mass is 16.6. The van der Waals surface area contributed by atoms with E-state index in [1.165, 1.54) is 6.07 Å². The van der Waals surface area contributed by atoms with Gasteiger partial charge in [-0.25, -0.2) is 4.79 Å². The molecular formula is C27H36N4O5. The van der Waals surface area contributed by atoms with Crippen LogP contribution in [-0.2, 0) is 19.1 Å². The van der Waals surface area contributed by atoms with Gasteiger partial charge in [-0.3, -0.25) is 4.79 Å². The van der Waals surface area contributed by atoms with Gasteiger partial charge in [0.05, 0.1) is 11.4 Å². The second kappa shape index (κ2) is 13.4. The molecule has 0 fully saturated rings. The molecule has 0 spiro atoms. The lowest BCUT2D eigenvalue weighted by atomic mass is 9.92. The van der Waals surface area contributed by atoms with Crippen molar-refractivity contribution >= 4 is 28.8 Å². The van der Waals surface area contributed by atoms with E-state index in [4.69, 9.17) is 15.2 Å². The molecule has 1 heterocycles. The molecule has 3 rings (SSSR count). The number of anilines is 2. The van der Waals surface area contributed by atoms with Crippen molar-refractivity contribution in [3.8, 4) is 5.75 Å². The SMILES string of the molecule is CCNc1cc([C@@H](CC)CC(N)=O)ccc1NCCNCCOC1=C(c2ccccc2O)C(=O)OC1. The lowest BCUT2D eigenvalue weighted by Gasteiger charge is -2.19. The summed E-state index contributed by atoms with van der Waals surface area (Å²) in [4.78, 5) is 23.5. The van der Waals surface area contributed by atoms with Gasteiger partial charge in [0.2, 0.25) is 5.91 Å². The fourth-order valence-corrected chi connectivity index (χ4v) is 4.15. The van der Waals surface area contributed by atoms with Crippen LogP contribution < -0.4 is 21.7 Å². The summed E-state index contributed by atoms with van der Waals surface area (Å²) in [7, 11) is 0. The average Bonchev–Trinajstić information content (AvgIpc) is 3.22. The number of phenolic OH excluding ortho intramolecular Hbond substituents is 1. The monoisotopic (exact) mass is 496 g/mol. The number of nitrogens with one attached hydrogen (secondary N) is 3. The average molecular weight is 497 g/mol. The van der Waals surface area contributed by atoms with Gasteiger partial charge in [-0.1, -0.05) is 31.2 Å². The molecule has 0 aliphatic carbocycles. The Balaban J connectivity index is 1.47. The first-order valence-electron chi connectivity index (χ1n) is 12.4. The predicted molar refractivity (Wildman–Crippen MR) is 141 cm³/mol. The number of benzene rings is 2. The Bertz CT molecular complexity index is 1090. The van der Waals surface area contributed by atoms with E-state index in [2.05, 4.69) is 28.9 Å². The Kier molecular flexibility index (Phi) is 10.00. The first kappa shape index (κ1) is 26.9. The second-order valence-corrected chi connectivity index (χ2v) is 8.53. The molecule has 0 unspecified atom stereocenters. The zero-order chi connectivity index (χ0) is 25.9. The number of amides is 1. The molecule has 0 bridgehead atoms. The van der Waals surface area contributed by atoms with Crippen LogP contribution >= 0.6 is 0 Å². The molecular weight excluding hydrogens is 460 g/mol. The molecule has 1 aliphatic rings. The molecule has 2 aromatic rings. The van der Waals surface area contributed by atoms with E-state index >= 15 is 0 Å². The molecule has 6 N–H and O–H groups in total. The first-order chi connectivity index (χ1) is 17.4. The quantitative estimate of drug-likeness (QED) is 0.187. The van der Waals surface area contributed by atoms with Crippen molar-refractivity contribution in [2.45, 2.75) is 32.6 Å². The van der Waals surface area contributed by atoms with Crippen molar-refractivity contribution in [2.24, 2.45) is 5.73 Å². The summed E-state index contributed by atoms with van der Waals surface area (Å²) in [6.07, 6.45) is 1.19. The van der Waals surface area contributed by atoms with Gasteiger partial charge in [0, 0.05) is 38.2 Å². The molecule has 9 nitrogen and oxygen atoms in total. The minimum absolute atomic E-state index is 0.0136. The largest absolute Gasteiger partial charge is 0.507 e. The van der Waals surface area contributed by atoms with Crippen molar-refractivity contribution < 1.29 is 24.2 Å². The topological polar surface area (TPSA) is 135 Å². The van der Waals surface area contributed by atoms with Crippen LogP contribution in [0.4, 0.5) is 11.4 Å². The highest BCUT2D eigenvalue weighted by molar-refractivity contribution is 6.19. The van der Waals surface area contributed by atoms with E-state index in [-0.39, 0.29) is 29.8 Å². The highest BCUT2D eigenvalue weighted by Gasteiger charge is 2.29. The lowest BCUT2D eigenvalue weighted by molar-refractivity contribution is -0.134. The van der Waals surface area contributed by atoms with Gasteiger partial charge in [-0.15, -0.1) is 0 Å². The number of rotatable bonds is 15. The summed E-state index contributed by atoms with van der Waals surface area (Å²) >= 11 is 0. The van der Waals surface area contributed by atoms with Crippen molar-refractivity contribution in [1.29, 1.82) is 0 Å². The predicted octanol–water partition coefficient (Wildman–Crippen LogP) is 3.18. The van der Waals surface area contributed by atoms with Crippen LogP contribution in [0, 0.1) is 0 Å². The van der Waals surface area contributed by atoms with Gasteiger partial charge in [-0.05, 0) is 43.0 Å². The highest BCUT2D eigenvalue weighted by Crippen LogP contribution is 2.32. The Morgan fingerprint density at radius 1 is 1.11 bits per heavy atom. The maximum Gasteiger partial charge on any atom is 0.342 e. The Morgan fingerprint density at radius 2 is 1.92 bits per heavy atom. The van der Waals surface area contributed by atoms with Gasteiger partial charge < -0.3 is 36.3 Å². The van der Waals surface area contributed by atoms with Crippen LogP contribution in [0.5, 0.6) is 5.75 Å². The number of primary amides is 1. The summed E-state index contributed by atoms with van der Waals surface area (Å²) in [5.74, 6) is -0.233. The van der Waals surface area contributed by atoms with Crippen LogP contribution in [0.2, 0.25) is 0 Å². The molecule has 1 amide bonds. The minimum atomic E-state index is -0.494. The van der Waals surface area contributed by atoms with Crippen molar-refractivity contribution in [2.75, 3.05) is 50.0 Å². The number of hydrogen-bond acceptors (Lipinski definition) is 8. The van der Waals surface area contributed by atoms with Gasteiger partial charge in [-0.2, -0.15) is 0 Å². The number of esters is 1. The third-order valence-electron chi connectivity index (χ3n) is 5.99. The fourth-order valence-electron chi connectivity index (χ4n) is 4.15. The smallest absolute Gasteiger partial charge is 0.342 e. The molecule has 0 aromatic heterocycles. The molecule has 194 valence electrons. The van der Waals surface area contributed by atoms with Gasteiger partial charge in [0.15, 0.2) is 0 Å². The maximum atomic E-state index is 12.1. The van der Waals surface area contributed by atoms with E-state index in [1.54, 1.807) is 18.2 Å². The second-order valence-electron chi connectivity index (χ2n) is 8.53. The number of carbonyl (C=O) groups is 2. The molecule has 36 heavy (non-hydrogen) atoms. The Labute approximate surface area is 212 Å². The number of carbonyl (C=O) groups excluding carboxylic acids is 2. The summed E-state index contributed by atoms with van der Waals surface area (Å²) < 4.78 is 10.9. The number of nitrogens with two attached hydrogens (primary N) is 1. The van der Waals surface area contributed by atoms with Gasteiger partial charge >= 0.3 is 5.97 Å². The van der Waals surface area contributed by atoms with E-state index in [1.807, 2.05) is 19.1 Å². The first-order valence-corrected chi connectivity index (χ1v) is 12.4. The van der Waals surface area contributed by atoms with Crippen molar-refractivity contribution in [3.63, 3.8) is 0 Å². The number of ether oxygens (including phenoxy) is 2. The van der Waals surface area contributed by atoms with Crippen LogP contribution in [0.15, 0.2) is 48.2 Å². The Hall–Kier alpha value is -3.72. The summed E-state index contributed by atoms with van der Waals surface area (Å²) in [6, 6.07) is 12.8. The number of para-hydroxylation sites is 1. The molecule has 0 radical (unpaired) electrons. The molecule has 1 aliphatic heterocycles. The van der Waals surface area contributed by atoms with Gasteiger partial charge in [0.1, 0.15) is 30.3 Å². The number of cyclic esters (lactones) is 1. The number of phenols is 1. The number of hydrogen-bond donors (Lipinski definition) is 5. The number of aromatic hydroxyl groups is 1. The zero-order valence-electron chi connectivity index (χ0n) is 20.9. The van der Waals surface area contributed by atoms with Crippen LogP contribution in [0.25, 0.3) is 5.57 Å². The molecule has 0 saturated carbocycles. The minimum Gasteiger partial charge on any atom is -0.507 e. The van der Waals surface area contributed by atoms with Crippen LogP contribution in [0.1, 0.15) is 43.7 Å². The van der Waals surface area contributed by atoms with Crippen molar-refractivity contribution in [1.82, 2.24) is 5.32 Å². The van der Waals surface area contributed by atoms with Crippen LogP contribution in [0.3, 0.4) is 0 Å². The normalized spacial score (nSPS) is 13.9. The van der Waals surface area contributed by atoms with E-state index < -0.39 is 5.97 Å². The third kappa shape index (κ3) is 7.14. The lowest BCUT2D eigenvalue weighted by Crippen LogP contribution is -2.26. The molecule has 2 aromatic carbocycles. The Morgan fingerprint density at radius 3 is 2.64 bits per heavy atom. The maximum absolute atomic E-state index is 12.1. The third-order valence-corrected chi connectivity index (χ3v) is 5.99. The molecule has 0 saturated heterocycles. The van der Waals surface area contributed by atoms with E-state index in [0.717, 1.165) is 29.9 Å². The zero-order valence-corrected chi connectivity index (χ0v) is 20.9. The summed E-state index contributed by atoms with van der Waals surface area (Å²) in [6.45, 7) is 7.29. The van der Waals surface area contributed by atoms with Crippen LogP contribution in [-0.4, -0.2) is 56.4 Å². The van der Waals surface area contributed by atoms with E-state index in [0.29, 0.717) is 44.0 Å². The van der Waals surface area contributed by atoms with E-state index in [9.17, 15) is 14.7 Å². The van der Waals surface area contributed by atoms with Crippen molar-refractivity contribution in [3.05, 3.63) is 59.4 Å². The fraction of sp³-hybridized carbons (Fsp3) is 0.407. The molecule has 9 heteroatoms. The molecule has 1 atom stereocenters. The van der Waals surface area contributed by atoms with Gasteiger partial charge in [0.25, 0.3) is 0 Å². The summed E-state index contributed by atoms with van der Waals surface area (Å²) in [5.41, 5.74) is 9.18. The standard InChI is InChI=1S/C27H36N4O5/c1-3-18(16-25(28)33)19-9-10-21(22(15-19)30-4-2)31-12-11-29-13-14-35-24-17-36-27(34)26(24)20-7-5-6-8-23(20)32/h5-10,15,18,29-32H,3-4,11-14,16-17H2,1-2H3,(H2,28,33)/t18-/m0/s1.